The van der Waals surface area contributed by atoms with E-state index in [0.717, 1.165) is 31.7 Å². The smallest absolute Gasteiger partial charge is 0.194 e. The average Bonchev–Trinajstić information content (AvgIpc) is 3.10. The van der Waals surface area contributed by atoms with E-state index in [1.807, 2.05) is 6.92 Å². The van der Waals surface area contributed by atoms with Gasteiger partial charge in [0.15, 0.2) is 17.5 Å². The highest BCUT2D eigenvalue weighted by atomic mass is 19.2. The predicted molar refractivity (Wildman–Crippen MR) is 73.4 cm³/mol. The standard InChI is InChI=1S/C16H20F3NO/c1-2-7-20-16(11-8-9-3-6-13(11)21-9)10-4-5-12(17)15(19)14(10)18/h4-5,9,11,13,16,20H,2-3,6-8H2,1H3. The van der Waals surface area contributed by atoms with Crippen molar-refractivity contribution >= 4 is 0 Å². The van der Waals surface area contributed by atoms with E-state index >= 15 is 0 Å². The molecule has 2 fully saturated rings. The van der Waals surface area contributed by atoms with Crippen LogP contribution in [0.2, 0.25) is 0 Å². The van der Waals surface area contributed by atoms with Gasteiger partial charge in [-0.25, -0.2) is 13.2 Å². The first-order valence-electron chi connectivity index (χ1n) is 7.64. The first kappa shape index (κ1) is 14.9. The maximum absolute atomic E-state index is 14.1. The van der Waals surface area contributed by atoms with Crippen molar-refractivity contribution < 1.29 is 17.9 Å². The van der Waals surface area contributed by atoms with Crippen molar-refractivity contribution in [1.29, 1.82) is 0 Å². The Morgan fingerprint density at radius 3 is 2.67 bits per heavy atom. The molecule has 2 nitrogen and oxygen atoms in total. The largest absolute Gasteiger partial charge is 0.375 e. The molecule has 1 aromatic rings. The van der Waals surface area contributed by atoms with Gasteiger partial charge in [-0.1, -0.05) is 13.0 Å². The second-order valence-electron chi connectivity index (χ2n) is 5.97. The molecule has 4 unspecified atom stereocenters. The van der Waals surface area contributed by atoms with Crippen LogP contribution in [0.25, 0.3) is 0 Å². The summed E-state index contributed by atoms with van der Waals surface area (Å²) in [4.78, 5) is 0. The maximum Gasteiger partial charge on any atom is 0.194 e. The zero-order valence-electron chi connectivity index (χ0n) is 12.0. The molecule has 4 atom stereocenters. The first-order chi connectivity index (χ1) is 10.1. The second kappa shape index (κ2) is 5.97. The summed E-state index contributed by atoms with van der Waals surface area (Å²) in [5, 5.41) is 3.29. The zero-order valence-corrected chi connectivity index (χ0v) is 12.0. The lowest BCUT2D eigenvalue weighted by Gasteiger charge is -2.30. The Morgan fingerprint density at radius 1 is 1.24 bits per heavy atom. The summed E-state index contributed by atoms with van der Waals surface area (Å²) in [5.41, 5.74) is 0.212. The monoisotopic (exact) mass is 299 g/mol. The van der Waals surface area contributed by atoms with E-state index in [-0.39, 0.29) is 29.7 Å². The Hall–Kier alpha value is -1.07. The number of halogens is 3. The van der Waals surface area contributed by atoms with Gasteiger partial charge in [0.2, 0.25) is 0 Å². The fraction of sp³-hybridized carbons (Fsp3) is 0.625. The predicted octanol–water partition coefficient (Wildman–Crippen LogP) is 3.71. The Morgan fingerprint density at radius 2 is 2.05 bits per heavy atom. The minimum atomic E-state index is -1.39. The van der Waals surface area contributed by atoms with Crippen molar-refractivity contribution in [3.63, 3.8) is 0 Å². The molecule has 21 heavy (non-hydrogen) atoms. The van der Waals surface area contributed by atoms with Crippen molar-refractivity contribution in [2.45, 2.75) is 50.9 Å². The topological polar surface area (TPSA) is 21.3 Å². The van der Waals surface area contributed by atoms with E-state index in [4.69, 9.17) is 4.74 Å². The van der Waals surface area contributed by atoms with Gasteiger partial charge in [-0.3, -0.25) is 0 Å². The first-order valence-corrected chi connectivity index (χ1v) is 7.64. The molecule has 2 aliphatic rings. The van der Waals surface area contributed by atoms with Crippen LogP contribution in [0.1, 0.15) is 44.2 Å². The van der Waals surface area contributed by atoms with Gasteiger partial charge in [-0.05, 0) is 38.3 Å². The third-order valence-electron chi connectivity index (χ3n) is 4.60. The SMILES string of the molecule is CCCNC(c1ccc(F)c(F)c1F)C1CC2CCC1O2. The molecule has 0 aliphatic carbocycles. The average molecular weight is 299 g/mol. The number of ether oxygens (including phenoxy) is 1. The van der Waals surface area contributed by atoms with Crippen molar-refractivity contribution in [3.05, 3.63) is 35.1 Å². The van der Waals surface area contributed by atoms with Gasteiger partial charge in [-0.15, -0.1) is 0 Å². The highest BCUT2D eigenvalue weighted by Gasteiger charge is 2.45. The van der Waals surface area contributed by atoms with Crippen molar-refractivity contribution in [2.24, 2.45) is 5.92 Å². The zero-order chi connectivity index (χ0) is 15.0. The molecule has 2 bridgehead atoms. The molecule has 2 aliphatic heterocycles. The van der Waals surface area contributed by atoms with E-state index in [1.54, 1.807) is 0 Å². The van der Waals surface area contributed by atoms with Crippen LogP contribution in [0.3, 0.4) is 0 Å². The quantitative estimate of drug-likeness (QED) is 0.837. The number of rotatable bonds is 5. The lowest BCUT2D eigenvalue weighted by atomic mass is 9.80. The minimum absolute atomic E-state index is 0.0943. The van der Waals surface area contributed by atoms with E-state index in [2.05, 4.69) is 5.32 Å². The third kappa shape index (κ3) is 2.69. The lowest BCUT2D eigenvalue weighted by Crippen LogP contribution is -2.35. The van der Waals surface area contributed by atoms with Gasteiger partial charge >= 0.3 is 0 Å². The molecule has 1 N–H and O–H groups in total. The molecule has 5 heteroatoms. The van der Waals surface area contributed by atoms with Gasteiger partial charge < -0.3 is 10.1 Å². The fourth-order valence-electron chi connectivity index (χ4n) is 3.60. The van der Waals surface area contributed by atoms with Crippen LogP contribution in [-0.2, 0) is 4.74 Å². The normalized spacial score (nSPS) is 29.0. The number of hydrogen-bond donors (Lipinski definition) is 1. The molecular formula is C16H20F3NO. The summed E-state index contributed by atoms with van der Waals surface area (Å²) in [6.45, 7) is 2.72. The molecule has 2 heterocycles. The molecule has 1 aromatic carbocycles. The summed E-state index contributed by atoms with van der Waals surface area (Å²) < 4.78 is 46.7. The minimum Gasteiger partial charge on any atom is -0.375 e. The van der Waals surface area contributed by atoms with E-state index in [1.165, 1.54) is 6.07 Å². The van der Waals surface area contributed by atoms with Gasteiger partial charge in [0.05, 0.1) is 12.2 Å². The molecule has 0 aromatic heterocycles. The molecular weight excluding hydrogens is 279 g/mol. The van der Waals surface area contributed by atoms with Gasteiger partial charge in [0.1, 0.15) is 0 Å². The summed E-state index contributed by atoms with van der Waals surface area (Å²) in [6, 6.07) is 2.03. The maximum atomic E-state index is 14.1. The molecule has 0 amide bonds. The van der Waals surface area contributed by atoms with Crippen molar-refractivity contribution in [3.8, 4) is 0 Å². The van der Waals surface area contributed by atoms with Crippen LogP contribution in [-0.4, -0.2) is 18.8 Å². The van der Waals surface area contributed by atoms with Gasteiger partial charge in [0.25, 0.3) is 0 Å². The summed E-state index contributed by atoms with van der Waals surface area (Å²) in [5.74, 6) is -3.49. The van der Waals surface area contributed by atoms with Crippen LogP contribution in [0.5, 0.6) is 0 Å². The third-order valence-corrected chi connectivity index (χ3v) is 4.60. The molecule has 0 saturated carbocycles. The molecule has 0 radical (unpaired) electrons. The Balaban J connectivity index is 1.90. The van der Waals surface area contributed by atoms with Crippen LogP contribution in [0, 0.1) is 23.4 Å². The van der Waals surface area contributed by atoms with Crippen LogP contribution in [0.4, 0.5) is 13.2 Å². The van der Waals surface area contributed by atoms with Crippen LogP contribution >= 0.6 is 0 Å². The highest BCUT2D eigenvalue weighted by Crippen LogP contribution is 2.45. The summed E-state index contributed by atoms with van der Waals surface area (Å²) in [7, 11) is 0. The van der Waals surface area contributed by atoms with Crippen molar-refractivity contribution in [1.82, 2.24) is 5.32 Å². The number of nitrogens with one attached hydrogen (secondary N) is 1. The van der Waals surface area contributed by atoms with E-state index in [0.29, 0.717) is 6.54 Å². The lowest BCUT2D eigenvalue weighted by molar-refractivity contribution is 0.0853. The number of hydrogen-bond acceptors (Lipinski definition) is 2. The molecule has 3 rings (SSSR count). The highest BCUT2D eigenvalue weighted by molar-refractivity contribution is 5.25. The van der Waals surface area contributed by atoms with Crippen LogP contribution in [0.15, 0.2) is 12.1 Å². The van der Waals surface area contributed by atoms with Gasteiger partial charge in [-0.2, -0.15) is 0 Å². The second-order valence-corrected chi connectivity index (χ2v) is 5.97. The Labute approximate surface area is 122 Å². The molecule has 2 saturated heterocycles. The fourth-order valence-corrected chi connectivity index (χ4v) is 3.60. The van der Waals surface area contributed by atoms with E-state index < -0.39 is 17.5 Å². The van der Waals surface area contributed by atoms with Gasteiger partial charge in [0, 0.05) is 17.5 Å². The summed E-state index contributed by atoms with van der Waals surface area (Å²) >= 11 is 0. The Kier molecular flexibility index (Phi) is 4.22. The Bertz CT molecular complexity index is 522. The van der Waals surface area contributed by atoms with Crippen molar-refractivity contribution in [2.75, 3.05) is 6.54 Å². The number of fused-ring (bicyclic) bond motifs is 2. The van der Waals surface area contributed by atoms with Crippen LogP contribution < -0.4 is 5.32 Å². The van der Waals surface area contributed by atoms with E-state index in [9.17, 15) is 13.2 Å². The molecule has 0 spiro atoms. The molecule has 116 valence electrons. The number of benzene rings is 1. The summed E-state index contributed by atoms with van der Waals surface area (Å²) in [6.07, 6.45) is 4.08.